The van der Waals surface area contributed by atoms with Crippen molar-refractivity contribution in [2.75, 3.05) is 7.11 Å². The fourth-order valence-electron chi connectivity index (χ4n) is 8.14. The molecule has 5 rings (SSSR count). The SMILES string of the molecule is COC(=O)[C@@]1(OC(=O)c2occc2C)[C@@H](C)CC2C3C[C@H](F)C4=CC(=O)C=C[C@]4(C)[C@@]3(Cl)[C@@H](O)C[C@@]21C. The number of alkyl halides is 2. The summed E-state index contributed by atoms with van der Waals surface area (Å²) >= 11 is 7.39. The van der Waals surface area contributed by atoms with Gasteiger partial charge in [-0.05, 0) is 61.8 Å². The van der Waals surface area contributed by atoms with E-state index < -0.39 is 63.3 Å². The van der Waals surface area contributed by atoms with Crippen LogP contribution >= 0.6 is 11.6 Å². The first-order valence-corrected chi connectivity index (χ1v) is 13.0. The molecule has 0 aromatic carbocycles. The number of hydrogen-bond acceptors (Lipinski definition) is 7. The average Bonchev–Trinajstić information content (AvgIpc) is 3.36. The van der Waals surface area contributed by atoms with Gasteiger partial charge in [-0.3, -0.25) is 4.79 Å². The Kier molecular flexibility index (Phi) is 5.85. The van der Waals surface area contributed by atoms with Crippen LogP contribution in [0.1, 0.15) is 56.2 Å². The quantitative estimate of drug-likeness (QED) is 0.450. The van der Waals surface area contributed by atoms with Crippen LogP contribution in [0.15, 0.2) is 40.5 Å². The molecule has 9 heteroatoms. The Balaban J connectivity index is 1.64. The van der Waals surface area contributed by atoms with Crippen molar-refractivity contribution in [3.05, 3.63) is 47.5 Å². The van der Waals surface area contributed by atoms with Crippen molar-refractivity contribution < 1.29 is 37.8 Å². The molecule has 2 unspecified atom stereocenters. The van der Waals surface area contributed by atoms with E-state index >= 15 is 4.39 Å². The number of aliphatic hydroxyl groups is 1. The van der Waals surface area contributed by atoms with Gasteiger partial charge in [-0.2, -0.15) is 0 Å². The van der Waals surface area contributed by atoms with E-state index in [1.807, 2.05) is 0 Å². The van der Waals surface area contributed by atoms with Gasteiger partial charge in [0.2, 0.25) is 11.4 Å². The summed E-state index contributed by atoms with van der Waals surface area (Å²) in [5.74, 6) is -3.39. The Morgan fingerprint density at radius 1 is 1.24 bits per heavy atom. The van der Waals surface area contributed by atoms with Gasteiger partial charge in [0, 0.05) is 22.3 Å². The molecule has 200 valence electrons. The fourth-order valence-corrected chi connectivity index (χ4v) is 8.63. The number of hydrogen-bond donors (Lipinski definition) is 1. The standard InChI is InChI=1S/C28H32ClFO7/c1-14-7-9-36-22(14)23(33)37-28(24(34)35-5)15(2)10-17-18-12-20(30)19-11-16(31)6-8-25(19,3)27(18,29)21(32)13-26(17,28)4/h6-9,11,15,17-18,20-21,32H,10,12-13H2,1-5H3/t15-,17?,18?,20-,21-,25-,26-,27-,28-/m0/s1. The van der Waals surface area contributed by atoms with Gasteiger partial charge in [-0.1, -0.05) is 26.8 Å². The Morgan fingerprint density at radius 2 is 1.95 bits per heavy atom. The van der Waals surface area contributed by atoms with Crippen LogP contribution in [0.2, 0.25) is 0 Å². The number of methoxy groups -OCH3 is 1. The second kappa shape index (κ2) is 8.27. The third kappa shape index (κ3) is 3.11. The van der Waals surface area contributed by atoms with Gasteiger partial charge in [-0.15, -0.1) is 11.6 Å². The molecular weight excluding hydrogens is 503 g/mol. The number of aryl methyl sites for hydroxylation is 1. The number of rotatable bonds is 3. The lowest BCUT2D eigenvalue weighted by atomic mass is 9.45. The maximum absolute atomic E-state index is 15.8. The van der Waals surface area contributed by atoms with Crippen molar-refractivity contribution in [1.82, 2.24) is 0 Å². The lowest BCUT2D eigenvalue weighted by Gasteiger charge is -2.64. The number of carbonyl (C=O) groups excluding carboxylic acids is 3. The minimum absolute atomic E-state index is 0.00311. The van der Waals surface area contributed by atoms with Crippen molar-refractivity contribution in [2.24, 2.45) is 28.6 Å². The summed E-state index contributed by atoms with van der Waals surface area (Å²) in [4.78, 5) is 37.6. The van der Waals surface area contributed by atoms with Crippen LogP contribution in [0.4, 0.5) is 4.39 Å². The molecule has 37 heavy (non-hydrogen) atoms. The van der Waals surface area contributed by atoms with Gasteiger partial charge < -0.3 is 19.0 Å². The molecule has 1 N–H and O–H groups in total. The molecule has 1 aromatic heterocycles. The Labute approximate surface area is 220 Å². The maximum atomic E-state index is 15.8. The molecule has 0 spiro atoms. The van der Waals surface area contributed by atoms with Crippen molar-refractivity contribution in [3.63, 3.8) is 0 Å². The molecule has 7 nitrogen and oxygen atoms in total. The van der Waals surface area contributed by atoms with Gasteiger partial charge >= 0.3 is 11.9 Å². The first-order chi connectivity index (χ1) is 17.3. The van der Waals surface area contributed by atoms with Crippen molar-refractivity contribution in [2.45, 2.75) is 69.7 Å². The maximum Gasteiger partial charge on any atom is 0.375 e. The van der Waals surface area contributed by atoms with Crippen LogP contribution in [0.3, 0.4) is 0 Å². The highest BCUT2D eigenvalue weighted by molar-refractivity contribution is 6.26. The van der Waals surface area contributed by atoms with E-state index in [1.165, 1.54) is 25.5 Å². The number of carbonyl (C=O) groups is 3. The molecule has 3 fully saturated rings. The molecule has 0 saturated heterocycles. The smallest absolute Gasteiger partial charge is 0.375 e. The average molecular weight is 535 g/mol. The van der Waals surface area contributed by atoms with Crippen LogP contribution in [0, 0.1) is 35.5 Å². The molecule has 9 atom stereocenters. The minimum atomic E-state index is -1.76. The van der Waals surface area contributed by atoms with Crippen LogP contribution in [-0.4, -0.2) is 52.7 Å². The van der Waals surface area contributed by atoms with E-state index in [0.717, 1.165) is 0 Å². The van der Waals surface area contributed by atoms with Crippen LogP contribution in [0.5, 0.6) is 0 Å². The monoisotopic (exact) mass is 534 g/mol. The third-order valence-corrected chi connectivity index (χ3v) is 10.9. The summed E-state index contributed by atoms with van der Waals surface area (Å²) in [5, 5.41) is 11.8. The first kappa shape index (κ1) is 26.2. The van der Waals surface area contributed by atoms with E-state index in [-0.39, 0.29) is 30.0 Å². The molecule has 4 aliphatic rings. The van der Waals surface area contributed by atoms with Gasteiger partial charge in [0.05, 0.1) is 24.4 Å². The van der Waals surface area contributed by atoms with Crippen molar-refractivity contribution >= 4 is 29.3 Å². The minimum Gasteiger partial charge on any atom is -0.466 e. The molecule has 0 aliphatic heterocycles. The highest BCUT2D eigenvalue weighted by atomic mass is 35.5. The number of ether oxygens (including phenoxy) is 2. The summed E-state index contributed by atoms with van der Waals surface area (Å²) < 4.78 is 32.4. The summed E-state index contributed by atoms with van der Waals surface area (Å²) in [6, 6.07) is 1.62. The van der Waals surface area contributed by atoms with E-state index in [1.54, 1.807) is 39.8 Å². The molecule has 0 radical (unpaired) electrons. The number of halogens is 2. The van der Waals surface area contributed by atoms with Gasteiger partial charge in [-0.25, -0.2) is 14.0 Å². The first-order valence-electron chi connectivity index (χ1n) is 12.6. The van der Waals surface area contributed by atoms with E-state index in [9.17, 15) is 19.5 Å². The van der Waals surface area contributed by atoms with Crippen LogP contribution in [0.25, 0.3) is 0 Å². The van der Waals surface area contributed by atoms with Gasteiger partial charge in [0.25, 0.3) is 0 Å². The highest BCUT2D eigenvalue weighted by Gasteiger charge is 2.78. The summed E-state index contributed by atoms with van der Waals surface area (Å²) in [7, 11) is 1.23. The summed E-state index contributed by atoms with van der Waals surface area (Å²) in [6.07, 6.45) is 3.33. The van der Waals surface area contributed by atoms with Crippen molar-refractivity contribution in [3.8, 4) is 0 Å². The second-order valence-electron chi connectivity index (χ2n) is 11.5. The molecular formula is C28H32ClFO7. The molecule has 4 aliphatic carbocycles. The predicted octanol–water partition coefficient (Wildman–Crippen LogP) is 4.49. The Morgan fingerprint density at radius 3 is 2.57 bits per heavy atom. The number of allylic oxidation sites excluding steroid dienone is 4. The molecule has 3 saturated carbocycles. The number of furan rings is 1. The van der Waals surface area contributed by atoms with Gasteiger partial charge in [0.15, 0.2) is 5.78 Å². The van der Waals surface area contributed by atoms with E-state index in [2.05, 4.69) is 0 Å². The third-order valence-electron chi connectivity index (χ3n) is 9.96. The number of aliphatic hydroxyl groups excluding tert-OH is 1. The van der Waals surface area contributed by atoms with E-state index in [4.69, 9.17) is 25.5 Å². The zero-order valence-electron chi connectivity index (χ0n) is 21.5. The molecule has 0 amide bonds. The summed E-state index contributed by atoms with van der Waals surface area (Å²) in [5.41, 5.74) is -3.18. The largest absolute Gasteiger partial charge is 0.466 e. The Bertz CT molecular complexity index is 1240. The normalized spacial score (nSPS) is 44.4. The zero-order valence-corrected chi connectivity index (χ0v) is 22.3. The predicted molar refractivity (Wildman–Crippen MR) is 132 cm³/mol. The number of ketones is 1. The van der Waals surface area contributed by atoms with Crippen LogP contribution in [-0.2, 0) is 19.1 Å². The van der Waals surface area contributed by atoms with E-state index in [0.29, 0.717) is 12.0 Å². The number of esters is 2. The topological polar surface area (TPSA) is 103 Å². The molecule has 1 heterocycles. The van der Waals surface area contributed by atoms with Gasteiger partial charge in [0.1, 0.15) is 6.17 Å². The Hall–Kier alpha value is -2.45. The van der Waals surface area contributed by atoms with Crippen LogP contribution < -0.4 is 0 Å². The lowest BCUT2D eigenvalue weighted by Crippen LogP contribution is -2.70. The molecule has 0 bridgehead atoms. The highest BCUT2D eigenvalue weighted by Crippen LogP contribution is 2.72. The number of fused-ring (bicyclic) bond motifs is 5. The lowest BCUT2D eigenvalue weighted by molar-refractivity contribution is -0.199. The molecule has 1 aromatic rings. The summed E-state index contributed by atoms with van der Waals surface area (Å²) in [6.45, 7) is 7.04. The fraction of sp³-hybridized carbons (Fsp3) is 0.607. The zero-order chi connectivity index (χ0) is 27.1. The van der Waals surface area contributed by atoms with Crippen molar-refractivity contribution in [1.29, 1.82) is 0 Å². The second-order valence-corrected chi connectivity index (χ2v) is 12.2.